The maximum Gasteiger partial charge on any atom is 0.326 e. The van der Waals surface area contributed by atoms with E-state index in [1.54, 1.807) is 27.7 Å². The quantitative estimate of drug-likeness (QED) is 0.347. The third-order valence-electron chi connectivity index (χ3n) is 2.78. The number of carboxylic acids is 1. The molecule has 2 atom stereocenters. The monoisotopic (exact) mass is 313 g/mol. The molecule has 124 valence electrons. The summed E-state index contributed by atoms with van der Waals surface area (Å²) in [5.74, 6) is -2.42. The number of amides is 1. The normalized spacial score (nSPS) is 13.4. The van der Waals surface area contributed by atoms with Crippen molar-refractivity contribution in [3.8, 4) is 0 Å². The molecule has 2 N–H and O–H groups in total. The molecule has 0 aliphatic rings. The van der Waals surface area contributed by atoms with E-state index in [1.807, 2.05) is 0 Å². The first-order chi connectivity index (χ1) is 10.2. The van der Waals surface area contributed by atoms with E-state index < -0.39 is 29.8 Å². The van der Waals surface area contributed by atoms with Crippen molar-refractivity contribution in [1.29, 1.82) is 0 Å². The van der Waals surface area contributed by atoms with Crippen LogP contribution in [0.2, 0.25) is 0 Å². The molecule has 0 heterocycles. The number of hydrogen-bond acceptors (Lipinski definition) is 4. The van der Waals surface area contributed by atoms with Gasteiger partial charge in [0.1, 0.15) is 12.1 Å². The minimum absolute atomic E-state index is 0.0988. The van der Waals surface area contributed by atoms with Gasteiger partial charge in [0, 0.05) is 6.42 Å². The van der Waals surface area contributed by atoms with Gasteiger partial charge in [-0.3, -0.25) is 9.59 Å². The molecule has 8 nitrogen and oxygen atoms in total. The van der Waals surface area contributed by atoms with Crippen LogP contribution in [-0.4, -0.2) is 52.0 Å². The second-order valence-electron chi connectivity index (χ2n) is 5.50. The van der Waals surface area contributed by atoms with Crippen LogP contribution in [-0.2, 0) is 19.1 Å². The number of carboxylic acid groups (broad SMARTS) is 1. The third-order valence-corrected chi connectivity index (χ3v) is 2.78. The first-order valence-corrected chi connectivity index (χ1v) is 7.07. The molecule has 0 aromatic heterocycles. The van der Waals surface area contributed by atoms with Crippen LogP contribution in [0, 0.1) is 5.92 Å². The highest BCUT2D eigenvalue weighted by Crippen LogP contribution is 2.11. The van der Waals surface area contributed by atoms with Crippen molar-refractivity contribution in [2.45, 2.75) is 58.8 Å². The average molecular weight is 313 g/mol. The SMILES string of the molecule is CC(C)O[C@H](C(=O)N[C@@H](CCC(=O)C=[N+]=[N-])C(=O)O)C(C)C. The standard InChI is InChI=1S/C14H23N3O5/c1-8(2)12(22-9(3)4)13(19)17-11(14(20)21)6-5-10(18)7-16-15/h7-9,11-12H,5-6H2,1-4H3,(H,17,19)(H,20,21)/t11-,12-/m0/s1. The van der Waals surface area contributed by atoms with Gasteiger partial charge in [-0.2, -0.15) is 4.79 Å². The van der Waals surface area contributed by atoms with E-state index in [4.69, 9.17) is 15.4 Å². The molecule has 0 spiro atoms. The summed E-state index contributed by atoms with van der Waals surface area (Å²) in [7, 11) is 0. The first kappa shape index (κ1) is 19.9. The number of nitrogens with zero attached hydrogens (tertiary/aromatic N) is 2. The van der Waals surface area contributed by atoms with Crippen LogP contribution in [0.25, 0.3) is 5.53 Å². The van der Waals surface area contributed by atoms with Crippen LogP contribution in [0.3, 0.4) is 0 Å². The zero-order chi connectivity index (χ0) is 17.3. The lowest BCUT2D eigenvalue weighted by Crippen LogP contribution is -2.48. The molecule has 22 heavy (non-hydrogen) atoms. The van der Waals surface area contributed by atoms with E-state index in [-0.39, 0.29) is 24.9 Å². The van der Waals surface area contributed by atoms with Gasteiger partial charge in [-0.15, -0.1) is 0 Å². The zero-order valence-electron chi connectivity index (χ0n) is 13.3. The Morgan fingerprint density at radius 3 is 2.27 bits per heavy atom. The fraction of sp³-hybridized carbons (Fsp3) is 0.714. The Morgan fingerprint density at radius 1 is 1.27 bits per heavy atom. The van der Waals surface area contributed by atoms with Crippen LogP contribution in [0.5, 0.6) is 0 Å². The van der Waals surface area contributed by atoms with Crippen molar-refractivity contribution >= 4 is 23.9 Å². The summed E-state index contributed by atoms with van der Waals surface area (Å²) < 4.78 is 5.49. The lowest BCUT2D eigenvalue weighted by Gasteiger charge is -2.24. The van der Waals surface area contributed by atoms with Gasteiger partial charge in [-0.05, 0) is 26.2 Å². The summed E-state index contributed by atoms with van der Waals surface area (Å²) in [4.78, 5) is 37.1. The fourth-order valence-corrected chi connectivity index (χ4v) is 1.74. The Labute approximate surface area is 129 Å². The molecule has 0 fully saturated rings. The Hall–Kier alpha value is -2.05. The maximum absolute atomic E-state index is 12.2. The Bertz CT molecular complexity index is 455. The minimum atomic E-state index is -1.24. The second kappa shape index (κ2) is 9.81. The summed E-state index contributed by atoms with van der Waals surface area (Å²) in [6, 6.07) is -1.21. The molecule has 0 saturated heterocycles. The van der Waals surface area contributed by atoms with Crippen LogP contribution in [0.15, 0.2) is 0 Å². The minimum Gasteiger partial charge on any atom is -0.480 e. The number of carbonyl (C=O) groups is 3. The molecular weight excluding hydrogens is 290 g/mol. The Balaban J connectivity index is 4.78. The van der Waals surface area contributed by atoms with Crippen molar-refractivity contribution in [3.05, 3.63) is 5.53 Å². The van der Waals surface area contributed by atoms with Gasteiger partial charge >= 0.3 is 12.2 Å². The molecule has 0 unspecified atom stereocenters. The number of ketones is 1. The Morgan fingerprint density at radius 2 is 1.86 bits per heavy atom. The van der Waals surface area contributed by atoms with E-state index >= 15 is 0 Å². The number of nitrogens with one attached hydrogen (secondary N) is 1. The van der Waals surface area contributed by atoms with Gasteiger partial charge < -0.3 is 20.7 Å². The molecule has 0 saturated carbocycles. The van der Waals surface area contributed by atoms with Gasteiger partial charge in [-0.1, -0.05) is 13.8 Å². The summed E-state index contributed by atoms with van der Waals surface area (Å²) in [5, 5.41) is 11.5. The molecule has 0 radical (unpaired) electrons. The Kier molecular flexibility index (Phi) is 8.89. The molecule has 8 heteroatoms. The highest BCUT2D eigenvalue weighted by atomic mass is 16.5. The van der Waals surface area contributed by atoms with Crippen LogP contribution in [0.1, 0.15) is 40.5 Å². The van der Waals surface area contributed by atoms with E-state index in [2.05, 4.69) is 10.1 Å². The van der Waals surface area contributed by atoms with E-state index in [1.165, 1.54) is 0 Å². The molecule has 0 aromatic rings. The molecule has 0 aromatic carbocycles. The number of carbonyl (C=O) groups excluding carboxylic acids is 2. The smallest absolute Gasteiger partial charge is 0.326 e. The van der Waals surface area contributed by atoms with Crippen molar-refractivity contribution in [2.75, 3.05) is 0 Å². The highest BCUT2D eigenvalue weighted by Gasteiger charge is 2.29. The maximum atomic E-state index is 12.2. The summed E-state index contributed by atoms with van der Waals surface area (Å²) in [6.07, 6.45) is -0.503. The van der Waals surface area contributed by atoms with Crippen molar-refractivity contribution < 1.29 is 29.0 Å². The van der Waals surface area contributed by atoms with Crippen LogP contribution >= 0.6 is 0 Å². The molecule has 1 amide bonds. The largest absolute Gasteiger partial charge is 0.480 e. The third kappa shape index (κ3) is 7.66. The lowest BCUT2D eigenvalue weighted by atomic mass is 10.0. The van der Waals surface area contributed by atoms with Gasteiger partial charge in [0.15, 0.2) is 0 Å². The van der Waals surface area contributed by atoms with Crippen LogP contribution < -0.4 is 5.32 Å². The predicted octanol–water partition coefficient (Wildman–Crippen LogP) is 0.655. The van der Waals surface area contributed by atoms with Gasteiger partial charge in [0.2, 0.25) is 11.7 Å². The molecule has 0 bridgehead atoms. The molecule has 0 rings (SSSR count). The van der Waals surface area contributed by atoms with Crippen LogP contribution in [0.4, 0.5) is 0 Å². The fourth-order valence-electron chi connectivity index (χ4n) is 1.74. The summed E-state index contributed by atoms with van der Waals surface area (Å²) >= 11 is 0. The number of aliphatic carboxylic acids is 1. The second-order valence-corrected chi connectivity index (χ2v) is 5.50. The topological polar surface area (TPSA) is 129 Å². The van der Waals surface area contributed by atoms with Crippen molar-refractivity contribution in [1.82, 2.24) is 5.32 Å². The number of ether oxygens (including phenoxy) is 1. The lowest BCUT2D eigenvalue weighted by molar-refractivity contribution is -0.147. The molecular formula is C14H23N3O5. The van der Waals surface area contributed by atoms with Gasteiger partial charge in [0.05, 0.1) is 6.10 Å². The van der Waals surface area contributed by atoms with Gasteiger partial charge in [-0.25, -0.2) is 4.79 Å². The zero-order valence-corrected chi connectivity index (χ0v) is 13.3. The highest BCUT2D eigenvalue weighted by molar-refractivity contribution is 6.25. The number of rotatable bonds is 10. The van der Waals surface area contributed by atoms with Gasteiger partial charge in [0.25, 0.3) is 0 Å². The number of Topliss-reactive ketones (excluding diaryl/α,β-unsaturated/α-hetero) is 1. The van der Waals surface area contributed by atoms with E-state index in [0.29, 0.717) is 6.21 Å². The molecule has 0 aliphatic carbocycles. The average Bonchev–Trinajstić information content (AvgIpc) is 2.39. The van der Waals surface area contributed by atoms with Crippen molar-refractivity contribution in [3.63, 3.8) is 0 Å². The van der Waals surface area contributed by atoms with E-state index in [0.717, 1.165) is 0 Å². The predicted molar refractivity (Wildman–Crippen MR) is 78.3 cm³/mol. The molecule has 0 aliphatic heterocycles. The van der Waals surface area contributed by atoms with E-state index in [9.17, 15) is 14.4 Å². The summed E-state index contributed by atoms with van der Waals surface area (Å²) in [5.41, 5.74) is 8.22. The van der Waals surface area contributed by atoms with Crippen molar-refractivity contribution in [2.24, 2.45) is 5.92 Å². The first-order valence-electron chi connectivity index (χ1n) is 7.07. The number of hydrogen-bond donors (Lipinski definition) is 2. The summed E-state index contributed by atoms with van der Waals surface area (Å²) in [6.45, 7) is 7.15.